The fraction of sp³-hybridized carbons (Fsp3) is 0.450. The van der Waals surface area contributed by atoms with Crippen LogP contribution in [0, 0.1) is 11.7 Å². The highest BCUT2D eigenvalue weighted by atomic mass is 19.1. The first-order valence-corrected chi connectivity index (χ1v) is 9.30. The molecule has 0 spiro atoms. The fourth-order valence-corrected chi connectivity index (χ4v) is 3.23. The van der Waals surface area contributed by atoms with Crippen LogP contribution < -0.4 is 4.74 Å². The van der Waals surface area contributed by atoms with Gasteiger partial charge >= 0.3 is 6.01 Å². The van der Waals surface area contributed by atoms with E-state index in [0.29, 0.717) is 30.8 Å². The molecule has 0 saturated carbocycles. The number of benzene rings is 1. The topological polar surface area (TPSA) is 95.8 Å². The maximum absolute atomic E-state index is 14.3. The monoisotopic (exact) mass is 389 g/mol. The number of nitrogens with zero attached hydrogens (tertiary/aromatic N) is 3. The Balaban J connectivity index is 1.54. The molecule has 2 N–H and O–H groups in total. The zero-order chi connectivity index (χ0) is 20.1. The number of hydrogen-bond acceptors (Lipinski definition) is 6. The molecule has 3 rings (SSSR count). The van der Waals surface area contributed by atoms with Gasteiger partial charge in [-0.1, -0.05) is 18.2 Å². The molecule has 1 aromatic carbocycles. The first-order valence-electron chi connectivity index (χ1n) is 9.30. The maximum atomic E-state index is 14.3. The summed E-state index contributed by atoms with van der Waals surface area (Å²) in [4.78, 5) is 21.7. The summed E-state index contributed by atoms with van der Waals surface area (Å²) in [6.07, 6.45) is 3.59. The maximum Gasteiger partial charge on any atom is 0.316 e. The average Bonchev–Trinajstić information content (AvgIpc) is 2.72. The molecule has 1 aromatic heterocycles. The van der Waals surface area contributed by atoms with E-state index in [4.69, 9.17) is 4.74 Å². The molecule has 2 aromatic rings. The van der Waals surface area contributed by atoms with Crippen LogP contribution in [-0.2, 0) is 11.4 Å². The highest BCUT2D eigenvalue weighted by Crippen LogP contribution is 2.25. The van der Waals surface area contributed by atoms with Crippen molar-refractivity contribution in [2.24, 2.45) is 5.92 Å². The Hall–Kier alpha value is -2.58. The first kappa shape index (κ1) is 20.2. The van der Waals surface area contributed by atoms with Gasteiger partial charge in [-0.05, 0) is 25.7 Å². The number of aliphatic hydroxyl groups is 2. The summed E-state index contributed by atoms with van der Waals surface area (Å²) in [5, 5.41) is 18.6. The lowest BCUT2D eigenvalue weighted by molar-refractivity contribution is -0.140. The van der Waals surface area contributed by atoms with Crippen LogP contribution in [0.15, 0.2) is 30.6 Å². The average molecular weight is 389 g/mol. The number of ether oxygens (including phenoxy) is 1. The first-order chi connectivity index (χ1) is 13.5. The molecule has 1 saturated heterocycles. The fourth-order valence-electron chi connectivity index (χ4n) is 3.23. The van der Waals surface area contributed by atoms with Gasteiger partial charge in [0.1, 0.15) is 11.9 Å². The smallest absolute Gasteiger partial charge is 0.316 e. The molecule has 1 unspecified atom stereocenters. The van der Waals surface area contributed by atoms with E-state index in [1.54, 1.807) is 17.0 Å². The van der Waals surface area contributed by atoms with E-state index in [9.17, 15) is 19.4 Å². The molecule has 8 heteroatoms. The van der Waals surface area contributed by atoms with Gasteiger partial charge < -0.3 is 19.8 Å². The number of aliphatic hydroxyl groups excluding tert-OH is 2. The van der Waals surface area contributed by atoms with Gasteiger partial charge in [-0.3, -0.25) is 4.79 Å². The van der Waals surface area contributed by atoms with Crippen LogP contribution in [0.1, 0.15) is 25.3 Å². The predicted molar refractivity (Wildman–Crippen MR) is 99.8 cm³/mol. The third-order valence-corrected chi connectivity index (χ3v) is 4.92. The van der Waals surface area contributed by atoms with E-state index in [1.165, 1.54) is 25.4 Å². The second kappa shape index (κ2) is 9.07. The van der Waals surface area contributed by atoms with Crippen LogP contribution in [0.5, 0.6) is 6.01 Å². The largest absolute Gasteiger partial charge is 0.463 e. The lowest BCUT2D eigenvalue weighted by atomic mass is 9.97. The molecule has 1 aliphatic heterocycles. The molecule has 1 fully saturated rings. The van der Waals surface area contributed by atoms with E-state index in [-0.39, 0.29) is 30.0 Å². The molecule has 7 nitrogen and oxygen atoms in total. The minimum Gasteiger partial charge on any atom is -0.463 e. The quantitative estimate of drug-likeness (QED) is 0.782. The van der Waals surface area contributed by atoms with Gasteiger partial charge in [0.15, 0.2) is 0 Å². The molecular formula is C20H24FN3O4. The van der Waals surface area contributed by atoms with Gasteiger partial charge in [0, 0.05) is 42.2 Å². The summed E-state index contributed by atoms with van der Waals surface area (Å²) in [6.45, 7) is 2.73. The Labute approximate surface area is 162 Å². The molecule has 1 amide bonds. The SMILES string of the molecule is CC(O)C(=O)N1CCC(COc2ncc(-c3cccc(CO)c3F)cn2)CC1. The van der Waals surface area contributed by atoms with Crippen LogP contribution in [0.2, 0.25) is 0 Å². The van der Waals surface area contributed by atoms with Crippen LogP contribution in [-0.4, -0.2) is 56.8 Å². The van der Waals surface area contributed by atoms with E-state index < -0.39 is 11.9 Å². The van der Waals surface area contributed by atoms with Crippen molar-refractivity contribution >= 4 is 5.91 Å². The number of amides is 1. The van der Waals surface area contributed by atoms with Gasteiger partial charge in [0.25, 0.3) is 5.91 Å². The molecule has 0 aliphatic carbocycles. The van der Waals surface area contributed by atoms with Crippen molar-refractivity contribution in [3.63, 3.8) is 0 Å². The van der Waals surface area contributed by atoms with Gasteiger partial charge in [-0.2, -0.15) is 0 Å². The zero-order valence-electron chi connectivity index (χ0n) is 15.7. The van der Waals surface area contributed by atoms with E-state index in [2.05, 4.69) is 9.97 Å². The third-order valence-electron chi connectivity index (χ3n) is 4.92. The van der Waals surface area contributed by atoms with Crippen LogP contribution in [0.4, 0.5) is 4.39 Å². The summed E-state index contributed by atoms with van der Waals surface area (Å²) in [5.41, 5.74) is 1.05. The van der Waals surface area contributed by atoms with Gasteiger partial charge in [-0.25, -0.2) is 14.4 Å². The molecule has 150 valence electrons. The molecule has 2 heterocycles. The molecule has 0 bridgehead atoms. The normalized spacial score (nSPS) is 16.1. The Morgan fingerprint density at radius 3 is 2.61 bits per heavy atom. The third kappa shape index (κ3) is 4.63. The Morgan fingerprint density at radius 2 is 2.00 bits per heavy atom. The number of halogens is 1. The minimum atomic E-state index is -0.970. The van der Waals surface area contributed by atoms with Crippen LogP contribution in [0.3, 0.4) is 0 Å². The van der Waals surface area contributed by atoms with Crippen molar-refractivity contribution in [3.8, 4) is 17.1 Å². The highest BCUT2D eigenvalue weighted by molar-refractivity contribution is 5.80. The van der Waals surface area contributed by atoms with Crippen molar-refractivity contribution in [2.75, 3.05) is 19.7 Å². The number of piperidine rings is 1. The van der Waals surface area contributed by atoms with Crippen molar-refractivity contribution < 1.29 is 24.1 Å². The van der Waals surface area contributed by atoms with Gasteiger partial charge in [0.05, 0.1) is 13.2 Å². The standard InChI is InChI=1S/C20H24FN3O4/c1-13(26)19(27)24-7-5-14(6-8-24)12-28-20-22-9-16(10-23-20)17-4-2-3-15(11-25)18(17)21/h2-4,9-10,13-14,25-26H,5-8,11-12H2,1H3. The number of carbonyl (C=O) groups is 1. The molecule has 1 aliphatic rings. The number of carbonyl (C=O) groups excluding carboxylic acids is 1. The summed E-state index contributed by atoms with van der Waals surface area (Å²) in [6, 6.07) is 5.01. The van der Waals surface area contributed by atoms with Crippen LogP contribution >= 0.6 is 0 Å². The highest BCUT2D eigenvalue weighted by Gasteiger charge is 2.25. The van der Waals surface area contributed by atoms with Crippen LogP contribution in [0.25, 0.3) is 11.1 Å². The summed E-state index contributed by atoms with van der Waals surface area (Å²) >= 11 is 0. The molecule has 28 heavy (non-hydrogen) atoms. The van der Waals surface area contributed by atoms with Crippen molar-refractivity contribution in [3.05, 3.63) is 42.0 Å². The van der Waals surface area contributed by atoms with E-state index in [1.807, 2.05) is 0 Å². The van der Waals surface area contributed by atoms with Crippen molar-refractivity contribution in [1.29, 1.82) is 0 Å². The lowest BCUT2D eigenvalue weighted by Crippen LogP contribution is -2.43. The van der Waals surface area contributed by atoms with E-state index in [0.717, 1.165) is 12.8 Å². The summed E-state index contributed by atoms with van der Waals surface area (Å²) in [5.74, 6) is -0.448. The lowest BCUT2D eigenvalue weighted by Gasteiger charge is -2.32. The molecule has 0 radical (unpaired) electrons. The Bertz CT molecular complexity index is 806. The van der Waals surface area contributed by atoms with Gasteiger partial charge in [-0.15, -0.1) is 0 Å². The molecule has 1 atom stereocenters. The Morgan fingerprint density at radius 1 is 1.32 bits per heavy atom. The minimum absolute atomic E-state index is 0.213. The molecular weight excluding hydrogens is 365 g/mol. The Kier molecular flexibility index (Phi) is 6.53. The van der Waals surface area contributed by atoms with Crippen molar-refractivity contribution in [1.82, 2.24) is 14.9 Å². The summed E-state index contributed by atoms with van der Waals surface area (Å²) < 4.78 is 19.9. The predicted octanol–water partition coefficient (Wildman–Crippen LogP) is 1.77. The zero-order valence-corrected chi connectivity index (χ0v) is 15.7. The number of rotatable bonds is 6. The summed E-state index contributed by atoms with van der Waals surface area (Å²) in [7, 11) is 0. The van der Waals surface area contributed by atoms with E-state index >= 15 is 0 Å². The second-order valence-corrected chi connectivity index (χ2v) is 6.95. The number of aromatic nitrogens is 2. The second-order valence-electron chi connectivity index (χ2n) is 6.95. The number of hydrogen-bond donors (Lipinski definition) is 2. The number of likely N-dealkylation sites (tertiary alicyclic amines) is 1. The van der Waals surface area contributed by atoms with Gasteiger partial charge in [0.2, 0.25) is 0 Å². The van der Waals surface area contributed by atoms with Crippen molar-refractivity contribution in [2.45, 2.75) is 32.5 Å².